The number of likely N-dealkylation sites (tertiary alicyclic amines) is 1. The first kappa shape index (κ1) is 18.0. The van der Waals surface area contributed by atoms with Gasteiger partial charge in [-0.15, -0.1) is 0 Å². The van der Waals surface area contributed by atoms with Gasteiger partial charge in [0.05, 0.1) is 16.4 Å². The number of nitrogens with one attached hydrogen (secondary N) is 1. The van der Waals surface area contributed by atoms with Crippen LogP contribution < -0.4 is 5.32 Å². The normalized spacial score (nSPS) is 15.3. The molecule has 1 aromatic carbocycles. The summed E-state index contributed by atoms with van der Waals surface area (Å²) in [6, 6.07) is 8.10. The molecule has 1 amide bonds. The Balaban J connectivity index is 1.55. The van der Waals surface area contributed by atoms with E-state index in [1.54, 1.807) is 4.68 Å². The standard InChI is InChI=1S/C19H25ClN4O/c1-14-19(20)15(2)24(22-14)13-18(25)21-17-8-6-16(7-9-17)12-23-10-4-3-5-11-23/h6-9H,3-5,10-13H2,1-2H3,(H,21,25). The molecule has 1 fully saturated rings. The lowest BCUT2D eigenvalue weighted by atomic mass is 10.1. The Morgan fingerprint density at radius 3 is 2.44 bits per heavy atom. The zero-order chi connectivity index (χ0) is 17.8. The van der Waals surface area contributed by atoms with Crippen molar-refractivity contribution in [1.82, 2.24) is 14.7 Å². The molecule has 25 heavy (non-hydrogen) atoms. The van der Waals surface area contributed by atoms with E-state index in [0.29, 0.717) is 5.02 Å². The first-order valence-electron chi connectivity index (χ1n) is 8.83. The minimum Gasteiger partial charge on any atom is -0.324 e. The predicted molar refractivity (Wildman–Crippen MR) is 101 cm³/mol. The van der Waals surface area contributed by atoms with Crippen molar-refractivity contribution in [2.45, 2.75) is 46.2 Å². The van der Waals surface area contributed by atoms with Crippen LogP contribution in [0.3, 0.4) is 0 Å². The summed E-state index contributed by atoms with van der Waals surface area (Å²) in [6.07, 6.45) is 3.94. The van der Waals surface area contributed by atoms with Gasteiger partial charge in [0.1, 0.15) is 6.54 Å². The van der Waals surface area contributed by atoms with Crippen molar-refractivity contribution >= 4 is 23.2 Å². The molecule has 0 unspecified atom stereocenters. The maximum Gasteiger partial charge on any atom is 0.246 e. The van der Waals surface area contributed by atoms with Gasteiger partial charge in [0.15, 0.2) is 0 Å². The van der Waals surface area contributed by atoms with Crippen LogP contribution in [0.25, 0.3) is 0 Å². The minimum atomic E-state index is -0.106. The molecule has 0 atom stereocenters. The zero-order valence-electron chi connectivity index (χ0n) is 14.9. The number of hydrogen-bond acceptors (Lipinski definition) is 3. The molecule has 0 bridgehead atoms. The van der Waals surface area contributed by atoms with Crippen molar-refractivity contribution < 1.29 is 4.79 Å². The van der Waals surface area contributed by atoms with E-state index in [1.807, 2.05) is 26.0 Å². The van der Waals surface area contributed by atoms with E-state index in [2.05, 4.69) is 27.4 Å². The fourth-order valence-corrected chi connectivity index (χ4v) is 3.37. The van der Waals surface area contributed by atoms with Crippen LogP contribution in [0.4, 0.5) is 5.69 Å². The number of aromatic nitrogens is 2. The van der Waals surface area contributed by atoms with Gasteiger partial charge in [0.2, 0.25) is 5.91 Å². The Morgan fingerprint density at radius 1 is 1.16 bits per heavy atom. The van der Waals surface area contributed by atoms with Crippen LogP contribution in [0.5, 0.6) is 0 Å². The van der Waals surface area contributed by atoms with Crippen molar-refractivity contribution in [3.8, 4) is 0 Å². The number of rotatable bonds is 5. The van der Waals surface area contributed by atoms with Crippen molar-refractivity contribution in [2.24, 2.45) is 0 Å². The van der Waals surface area contributed by atoms with Gasteiger partial charge < -0.3 is 5.32 Å². The van der Waals surface area contributed by atoms with E-state index < -0.39 is 0 Å². The third kappa shape index (κ3) is 4.61. The first-order chi connectivity index (χ1) is 12.0. The van der Waals surface area contributed by atoms with Gasteiger partial charge in [-0.2, -0.15) is 5.10 Å². The fraction of sp³-hybridized carbons (Fsp3) is 0.474. The molecular formula is C19H25ClN4O. The summed E-state index contributed by atoms with van der Waals surface area (Å²) in [5.41, 5.74) is 3.64. The highest BCUT2D eigenvalue weighted by molar-refractivity contribution is 6.31. The van der Waals surface area contributed by atoms with Gasteiger partial charge in [0, 0.05) is 12.2 Å². The summed E-state index contributed by atoms with van der Waals surface area (Å²) in [5.74, 6) is -0.106. The zero-order valence-corrected chi connectivity index (χ0v) is 15.6. The van der Waals surface area contributed by atoms with Crippen LogP contribution in [-0.4, -0.2) is 33.7 Å². The van der Waals surface area contributed by atoms with Gasteiger partial charge >= 0.3 is 0 Å². The number of anilines is 1. The molecule has 0 radical (unpaired) electrons. The molecule has 2 heterocycles. The van der Waals surface area contributed by atoms with Crippen molar-refractivity contribution in [3.63, 3.8) is 0 Å². The molecule has 5 nitrogen and oxygen atoms in total. The Morgan fingerprint density at radius 2 is 1.84 bits per heavy atom. The second-order valence-corrected chi connectivity index (χ2v) is 7.10. The molecule has 1 aromatic heterocycles. The number of piperidine rings is 1. The lowest BCUT2D eigenvalue weighted by molar-refractivity contribution is -0.116. The number of carbonyl (C=O) groups is 1. The molecule has 0 saturated carbocycles. The molecule has 0 aliphatic carbocycles. The summed E-state index contributed by atoms with van der Waals surface area (Å²) in [5, 5.41) is 7.83. The Bertz CT molecular complexity index is 733. The Kier molecular flexibility index (Phi) is 5.76. The largest absolute Gasteiger partial charge is 0.324 e. The number of carbonyl (C=O) groups excluding carboxylic acids is 1. The molecule has 134 valence electrons. The summed E-state index contributed by atoms with van der Waals surface area (Å²) >= 11 is 6.12. The number of amides is 1. The van der Waals surface area contributed by atoms with Gasteiger partial charge in [-0.25, -0.2) is 0 Å². The third-order valence-electron chi connectivity index (χ3n) is 4.68. The number of halogens is 1. The second-order valence-electron chi connectivity index (χ2n) is 6.72. The van der Waals surface area contributed by atoms with Crippen LogP contribution in [0, 0.1) is 13.8 Å². The van der Waals surface area contributed by atoms with E-state index in [4.69, 9.17) is 11.6 Å². The molecular weight excluding hydrogens is 336 g/mol. The topological polar surface area (TPSA) is 50.2 Å². The first-order valence-corrected chi connectivity index (χ1v) is 9.21. The highest BCUT2D eigenvalue weighted by atomic mass is 35.5. The minimum absolute atomic E-state index is 0.106. The highest BCUT2D eigenvalue weighted by Crippen LogP contribution is 2.19. The van der Waals surface area contributed by atoms with E-state index in [9.17, 15) is 4.79 Å². The SMILES string of the molecule is Cc1nn(CC(=O)Nc2ccc(CN3CCCCC3)cc2)c(C)c1Cl. The maximum atomic E-state index is 12.2. The maximum absolute atomic E-state index is 12.2. The van der Waals surface area contributed by atoms with Gasteiger partial charge in [0.25, 0.3) is 0 Å². The van der Waals surface area contributed by atoms with Crippen molar-refractivity contribution in [3.05, 3.63) is 46.2 Å². The van der Waals surface area contributed by atoms with E-state index in [0.717, 1.165) is 23.6 Å². The summed E-state index contributed by atoms with van der Waals surface area (Å²) in [4.78, 5) is 14.7. The average molecular weight is 361 g/mol. The van der Waals surface area contributed by atoms with Crippen LogP contribution in [-0.2, 0) is 17.9 Å². The molecule has 3 rings (SSSR count). The number of nitrogens with zero attached hydrogens (tertiary/aromatic N) is 3. The number of benzene rings is 1. The van der Waals surface area contributed by atoms with Crippen LogP contribution >= 0.6 is 11.6 Å². The molecule has 1 saturated heterocycles. The van der Waals surface area contributed by atoms with E-state index in [-0.39, 0.29) is 12.5 Å². The van der Waals surface area contributed by atoms with E-state index >= 15 is 0 Å². The molecule has 1 aliphatic rings. The molecule has 6 heteroatoms. The van der Waals surface area contributed by atoms with Gasteiger partial charge in [-0.1, -0.05) is 30.2 Å². The predicted octanol–water partition coefficient (Wildman–Crippen LogP) is 3.78. The van der Waals surface area contributed by atoms with Crippen LogP contribution in [0.2, 0.25) is 5.02 Å². The molecule has 2 aromatic rings. The summed E-state index contributed by atoms with van der Waals surface area (Å²) in [7, 11) is 0. The summed E-state index contributed by atoms with van der Waals surface area (Å²) < 4.78 is 1.64. The Hall–Kier alpha value is -1.85. The quantitative estimate of drug-likeness (QED) is 0.882. The number of aryl methyl sites for hydroxylation is 1. The second kappa shape index (κ2) is 8.02. The smallest absolute Gasteiger partial charge is 0.246 e. The highest BCUT2D eigenvalue weighted by Gasteiger charge is 2.13. The molecule has 1 N–H and O–H groups in total. The monoisotopic (exact) mass is 360 g/mol. The van der Waals surface area contributed by atoms with Crippen LogP contribution in [0.15, 0.2) is 24.3 Å². The van der Waals surface area contributed by atoms with Gasteiger partial charge in [-0.3, -0.25) is 14.4 Å². The van der Waals surface area contributed by atoms with Crippen molar-refractivity contribution in [1.29, 1.82) is 0 Å². The van der Waals surface area contributed by atoms with Gasteiger partial charge in [-0.05, 0) is 57.5 Å². The number of hydrogen-bond donors (Lipinski definition) is 1. The fourth-order valence-electron chi connectivity index (χ4n) is 3.23. The summed E-state index contributed by atoms with van der Waals surface area (Å²) in [6.45, 7) is 7.22. The molecule has 1 aliphatic heterocycles. The average Bonchev–Trinajstić information content (AvgIpc) is 2.84. The lowest BCUT2D eigenvalue weighted by Crippen LogP contribution is -2.29. The van der Waals surface area contributed by atoms with Crippen LogP contribution in [0.1, 0.15) is 36.2 Å². The van der Waals surface area contributed by atoms with Crippen molar-refractivity contribution in [2.75, 3.05) is 18.4 Å². The third-order valence-corrected chi connectivity index (χ3v) is 5.23. The lowest BCUT2D eigenvalue weighted by Gasteiger charge is -2.26. The molecule has 0 spiro atoms. The van der Waals surface area contributed by atoms with E-state index in [1.165, 1.54) is 37.9 Å². The Labute approximate surface area is 154 Å².